The Morgan fingerprint density at radius 2 is 2.14 bits per heavy atom. The van der Waals surface area contributed by atoms with Crippen LogP contribution < -0.4 is 10.9 Å². The fourth-order valence-electron chi connectivity index (χ4n) is 2.09. The number of aromatic carboxylic acids is 1. The highest BCUT2D eigenvalue weighted by Gasteiger charge is 2.17. The second-order valence-corrected chi connectivity index (χ2v) is 4.85. The molecule has 3 rings (SSSR count). The SMILES string of the molecule is CONc1nc2c(=O)c3cc(Cl)ccc3oc2cc1C(=O)O. The van der Waals surface area contributed by atoms with Crippen LogP contribution in [0.15, 0.2) is 33.5 Å². The van der Waals surface area contributed by atoms with Crippen LogP contribution in [0.3, 0.4) is 0 Å². The molecule has 0 spiro atoms. The van der Waals surface area contributed by atoms with Crippen LogP contribution >= 0.6 is 11.6 Å². The molecule has 0 atom stereocenters. The third-order valence-electron chi connectivity index (χ3n) is 3.04. The van der Waals surface area contributed by atoms with Crippen molar-refractivity contribution in [3.8, 4) is 0 Å². The molecule has 0 unspecified atom stereocenters. The lowest BCUT2D eigenvalue weighted by Crippen LogP contribution is -2.11. The number of halogens is 1. The monoisotopic (exact) mass is 320 g/mol. The molecule has 0 radical (unpaired) electrons. The smallest absolute Gasteiger partial charge is 0.339 e. The van der Waals surface area contributed by atoms with Gasteiger partial charge in [0.2, 0.25) is 5.43 Å². The predicted molar refractivity (Wildman–Crippen MR) is 80.4 cm³/mol. The lowest BCUT2D eigenvalue weighted by Gasteiger charge is -2.08. The molecule has 3 aromatic rings. The number of nitrogens with zero attached hydrogens (tertiary/aromatic N) is 1. The summed E-state index contributed by atoms with van der Waals surface area (Å²) in [6.07, 6.45) is 0. The Morgan fingerprint density at radius 3 is 2.82 bits per heavy atom. The van der Waals surface area contributed by atoms with Gasteiger partial charge in [0.1, 0.15) is 11.1 Å². The Hall–Kier alpha value is -2.64. The maximum atomic E-state index is 12.5. The highest BCUT2D eigenvalue weighted by atomic mass is 35.5. The molecule has 0 aliphatic heterocycles. The van der Waals surface area contributed by atoms with E-state index < -0.39 is 11.4 Å². The minimum absolute atomic E-state index is 0.0145. The van der Waals surface area contributed by atoms with Gasteiger partial charge in [0.05, 0.1) is 12.5 Å². The Morgan fingerprint density at radius 1 is 1.36 bits per heavy atom. The number of hydrogen-bond donors (Lipinski definition) is 2. The Bertz CT molecular complexity index is 967. The predicted octanol–water partition coefficient (Wildman–Crippen LogP) is 2.67. The normalized spacial score (nSPS) is 11.0. The summed E-state index contributed by atoms with van der Waals surface area (Å²) in [5, 5.41) is 9.85. The maximum absolute atomic E-state index is 12.5. The summed E-state index contributed by atoms with van der Waals surface area (Å²) < 4.78 is 5.55. The molecule has 112 valence electrons. The minimum atomic E-state index is -1.23. The van der Waals surface area contributed by atoms with Crippen molar-refractivity contribution in [2.24, 2.45) is 0 Å². The number of carboxylic acid groups (broad SMARTS) is 1. The Kier molecular flexibility index (Phi) is 3.44. The van der Waals surface area contributed by atoms with E-state index in [1.807, 2.05) is 0 Å². The number of aromatic nitrogens is 1. The average molecular weight is 321 g/mol. The molecule has 0 fully saturated rings. The van der Waals surface area contributed by atoms with Crippen LogP contribution in [0.5, 0.6) is 0 Å². The zero-order valence-electron chi connectivity index (χ0n) is 11.2. The van der Waals surface area contributed by atoms with Crippen molar-refractivity contribution in [1.82, 2.24) is 4.98 Å². The molecule has 22 heavy (non-hydrogen) atoms. The van der Waals surface area contributed by atoms with Gasteiger partial charge in [-0.2, -0.15) is 0 Å². The summed E-state index contributed by atoms with van der Waals surface area (Å²) in [4.78, 5) is 32.4. The third-order valence-corrected chi connectivity index (χ3v) is 3.27. The average Bonchev–Trinajstić information content (AvgIpc) is 2.48. The summed E-state index contributed by atoms with van der Waals surface area (Å²) in [5.74, 6) is -1.32. The first-order valence-electron chi connectivity index (χ1n) is 6.10. The fourth-order valence-corrected chi connectivity index (χ4v) is 2.26. The molecule has 1 aromatic carbocycles. The second-order valence-electron chi connectivity index (χ2n) is 4.41. The molecule has 8 heteroatoms. The number of hydrogen-bond acceptors (Lipinski definition) is 6. The molecule has 7 nitrogen and oxygen atoms in total. The number of anilines is 1. The van der Waals surface area contributed by atoms with Gasteiger partial charge in [-0.05, 0) is 18.2 Å². The van der Waals surface area contributed by atoms with Gasteiger partial charge in [0.15, 0.2) is 16.9 Å². The largest absolute Gasteiger partial charge is 0.478 e. The maximum Gasteiger partial charge on any atom is 0.339 e. The Balaban J connectivity index is 2.43. The summed E-state index contributed by atoms with van der Waals surface area (Å²) in [5.41, 5.74) is 2.11. The summed E-state index contributed by atoms with van der Waals surface area (Å²) in [7, 11) is 1.31. The highest BCUT2D eigenvalue weighted by Crippen LogP contribution is 2.24. The summed E-state index contributed by atoms with van der Waals surface area (Å²) in [6, 6.07) is 5.81. The van der Waals surface area contributed by atoms with E-state index in [2.05, 4.69) is 15.3 Å². The van der Waals surface area contributed by atoms with Crippen molar-refractivity contribution in [1.29, 1.82) is 0 Å². The standard InChI is InChI=1S/C14H9ClN2O5/c1-21-17-13-8(14(19)20)5-10-11(16-13)12(18)7-4-6(15)2-3-9(7)22-10/h2-5H,1H3,(H,16,17)(H,19,20). The molecule has 0 bridgehead atoms. The van der Waals surface area contributed by atoms with Gasteiger partial charge >= 0.3 is 5.97 Å². The number of carbonyl (C=O) groups is 1. The number of pyridine rings is 1. The van der Waals surface area contributed by atoms with Crippen molar-refractivity contribution in [3.63, 3.8) is 0 Å². The van der Waals surface area contributed by atoms with Crippen LogP contribution in [0, 0.1) is 0 Å². The minimum Gasteiger partial charge on any atom is -0.478 e. The topological polar surface area (TPSA) is 102 Å². The second kappa shape index (κ2) is 5.28. The molecule has 0 saturated heterocycles. The molecule has 2 aromatic heterocycles. The molecular weight excluding hydrogens is 312 g/mol. The van der Waals surface area contributed by atoms with E-state index in [1.165, 1.54) is 19.2 Å². The van der Waals surface area contributed by atoms with E-state index in [0.717, 1.165) is 0 Å². The van der Waals surface area contributed by atoms with Crippen molar-refractivity contribution in [2.75, 3.05) is 12.6 Å². The van der Waals surface area contributed by atoms with E-state index >= 15 is 0 Å². The number of fused-ring (bicyclic) bond motifs is 2. The molecule has 0 saturated carbocycles. The van der Waals surface area contributed by atoms with Crippen molar-refractivity contribution in [3.05, 3.63) is 45.1 Å². The van der Waals surface area contributed by atoms with Crippen molar-refractivity contribution >= 4 is 45.5 Å². The molecule has 0 aliphatic carbocycles. The van der Waals surface area contributed by atoms with Crippen LogP contribution in [-0.2, 0) is 4.84 Å². The van der Waals surface area contributed by atoms with Gasteiger partial charge in [-0.25, -0.2) is 15.3 Å². The van der Waals surface area contributed by atoms with Crippen LogP contribution in [0.2, 0.25) is 5.02 Å². The first-order valence-corrected chi connectivity index (χ1v) is 6.48. The van der Waals surface area contributed by atoms with E-state index in [9.17, 15) is 14.7 Å². The zero-order valence-corrected chi connectivity index (χ0v) is 12.0. The molecule has 2 N–H and O–H groups in total. The van der Waals surface area contributed by atoms with Crippen LogP contribution in [-0.4, -0.2) is 23.2 Å². The van der Waals surface area contributed by atoms with Gasteiger partial charge in [-0.15, -0.1) is 0 Å². The first kappa shape index (κ1) is 14.3. The summed E-state index contributed by atoms with van der Waals surface area (Å²) >= 11 is 5.88. The van der Waals surface area contributed by atoms with Crippen LogP contribution in [0.4, 0.5) is 5.82 Å². The molecule has 0 aliphatic rings. The number of benzene rings is 1. The number of nitrogens with one attached hydrogen (secondary N) is 1. The van der Waals surface area contributed by atoms with E-state index in [4.69, 9.17) is 16.0 Å². The van der Waals surface area contributed by atoms with Gasteiger partial charge in [-0.1, -0.05) is 11.6 Å². The van der Waals surface area contributed by atoms with Crippen molar-refractivity contribution in [2.45, 2.75) is 0 Å². The lowest BCUT2D eigenvalue weighted by atomic mass is 10.1. The zero-order chi connectivity index (χ0) is 15.9. The van der Waals surface area contributed by atoms with Gasteiger partial charge in [0.25, 0.3) is 0 Å². The Labute approximate surface area is 128 Å². The summed E-state index contributed by atoms with van der Waals surface area (Å²) in [6.45, 7) is 0. The van der Waals surface area contributed by atoms with E-state index in [-0.39, 0.29) is 27.9 Å². The van der Waals surface area contributed by atoms with E-state index in [1.54, 1.807) is 12.1 Å². The third kappa shape index (κ3) is 2.26. The van der Waals surface area contributed by atoms with Gasteiger partial charge in [-0.3, -0.25) is 9.63 Å². The number of rotatable bonds is 3. The van der Waals surface area contributed by atoms with Crippen LogP contribution in [0.25, 0.3) is 22.1 Å². The number of carboxylic acids is 1. The quantitative estimate of drug-likeness (QED) is 0.565. The molecule has 0 amide bonds. The van der Waals surface area contributed by atoms with E-state index in [0.29, 0.717) is 10.6 Å². The first-order chi connectivity index (χ1) is 10.5. The van der Waals surface area contributed by atoms with Crippen molar-refractivity contribution < 1.29 is 19.2 Å². The van der Waals surface area contributed by atoms with Gasteiger partial charge in [0, 0.05) is 11.1 Å². The van der Waals surface area contributed by atoms with Gasteiger partial charge < -0.3 is 9.52 Å². The molecule has 2 heterocycles. The highest BCUT2D eigenvalue weighted by molar-refractivity contribution is 6.31. The van der Waals surface area contributed by atoms with Crippen LogP contribution in [0.1, 0.15) is 10.4 Å². The molecular formula is C14H9ClN2O5. The fraction of sp³-hybridized carbons (Fsp3) is 0.0714. The lowest BCUT2D eigenvalue weighted by molar-refractivity contribution is 0.0696.